The highest BCUT2D eigenvalue weighted by molar-refractivity contribution is 7.99. The van der Waals surface area contributed by atoms with Gasteiger partial charge in [-0.2, -0.15) is 0 Å². The molecule has 0 radical (unpaired) electrons. The number of ether oxygens (including phenoxy) is 2. The lowest BCUT2D eigenvalue weighted by Crippen LogP contribution is -2.49. The van der Waals surface area contributed by atoms with E-state index in [1.807, 2.05) is 43.5 Å². The first-order chi connectivity index (χ1) is 16.7. The van der Waals surface area contributed by atoms with Crippen LogP contribution in [0.3, 0.4) is 0 Å². The Morgan fingerprint density at radius 3 is 2.71 bits per heavy atom. The number of carbonyl (C=O) groups excluding carboxylic acids is 1. The molecule has 3 aliphatic heterocycles. The zero-order valence-corrected chi connectivity index (χ0v) is 22.3. The highest BCUT2D eigenvalue weighted by Crippen LogP contribution is 2.51. The summed E-state index contributed by atoms with van der Waals surface area (Å²) in [5.74, 6) is 2.35. The second kappa shape index (κ2) is 9.45. The van der Waals surface area contributed by atoms with Crippen molar-refractivity contribution in [3.8, 4) is 5.75 Å². The second-order valence-corrected chi connectivity index (χ2v) is 11.9. The topological polar surface area (TPSA) is 42.0 Å². The van der Waals surface area contributed by atoms with Gasteiger partial charge in [0.05, 0.1) is 12.8 Å². The first-order valence-corrected chi connectivity index (χ1v) is 13.6. The average molecular weight is 493 g/mol. The number of anilines is 1. The van der Waals surface area contributed by atoms with Gasteiger partial charge in [-0.3, -0.25) is 0 Å². The van der Waals surface area contributed by atoms with Crippen LogP contribution < -0.4 is 9.64 Å². The molecule has 3 aliphatic rings. The van der Waals surface area contributed by atoms with Gasteiger partial charge in [0, 0.05) is 36.5 Å². The molecule has 35 heavy (non-hydrogen) atoms. The fraction of sp³-hybridized carbons (Fsp3) is 0.483. The van der Waals surface area contributed by atoms with Crippen molar-refractivity contribution in [3.05, 3.63) is 52.6 Å². The number of amides is 1. The number of hydrogen-bond acceptors (Lipinski definition) is 5. The average Bonchev–Trinajstić information content (AvgIpc) is 2.96. The molecule has 6 heteroatoms. The third-order valence-corrected chi connectivity index (χ3v) is 8.29. The van der Waals surface area contributed by atoms with Gasteiger partial charge in [-0.05, 0) is 92.8 Å². The van der Waals surface area contributed by atoms with E-state index in [4.69, 9.17) is 9.47 Å². The summed E-state index contributed by atoms with van der Waals surface area (Å²) in [6.07, 6.45) is 6.40. The number of piperidine rings is 1. The van der Waals surface area contributed by atoms with E-state index in [1.54, 1.807) is 7.11 Å². The van der Waals surface area contributed by atoms with Crippen LogP contribution in [0, 0.1) is 6.92 Å². The van der Waals surface area contributed by atoms with E-state index in [1.165, 1.54) is 39.3 Å². The van der Waals surface area contributed by atoms with E-state index in [0.717, 1.165) is 37.6 Å². The van der Waals surface area contributed by atoms with Gasteiger partial charge in [0.1, 0.15) is 11.4 Å². The molecule has 2 aromatic carbocycles. The first-order valence-electron chi connectivity index (χ1n) is 12.6. The fourth-order valence-corrected chi connectivity index (χ4v) is 6.65. The molecule has 0 unspecified atom stereocenters. The van der Waals surface area contributed by atoms with Crippen LogP contribution >= 0.6 is 11.8 Å². The molecular weight excluding hydrogens is 456 g/mol. The minimum absolute atomic E-state index is 0.191. The Morgan fingerprint density at radius 2 is 1.97 bits per heavy atom. The molecule has 186 valence electrons. The predicted octanol–water partition coefficient (Wildman–Crippen LogP) is 6.58. The van der Waals surface area contributed by atoms with Crippen LogP contribution in [0.25, 0.3) is 12.2 Å². The zero-order chi connectivity index (χ0) is 24.7. The summed E-state index contributed by atoms with van der Waals surface area (Å²) in [6, 6.07) is 11.4. The van der Waals surface area contributed by atoms with E-state index in [9.17, 15) is 4.79 Å². The molecule has 0 saturated carbocycles. The lowest BCUT2D eigenvalue weighted by molar-refractivity contribution is 0.0189. The third kappa shape index (κ3) is 4.90. The maximum atomic E-state index is 12.9. The number of hydrogen-bond donors (Lipinski definition) is 0. The molecule has 2 atom stereocenters. The van der Waals surface area contributed by atoms with Gasteiger partial charge < -0.3 is 19.3 Å². The molecule has 1 amide bonds. The summed E-state index contributed by atoms with van der Waals surface area (Å²) < 4.78 is 11.1. The molecule has 0 N–H and O–H groups in total. The predicted molar refractivity (Wildman–Crippen MR) is 145 cm³/mol. The van der Waals surface area contributed by atoms with Gasteiger partial charge in [0.15, 0.2) is 0 Å². The van der Waals surface area contributed by atoms with Crippen LogP contribution in [-0.4, -0.2) is 55.1 Å². The van der Waals surface area contributed by atoms with Crippen molar-refractivity contribution >= 4 is 35.7 Å². The van der Waals surface area contributed by atoms with Crippen molar-refractivity contribution in [2.45, 2.75) is 63.0 Å². The Balaban J connectivity index is 1.46. The number of carbonyl (C=O) groups is 1. The number of likely N-dealkylation sites (tertiary alicyclic amines) is 1. The summed E-state index contributed by atoms with van der Waals surface area (Å²) in [7, 11) is 1.70. The van der Waals surface area contributed by atoms with Gasteiger partial charge in [0.25, 0.3) is 0 Å². The molecule has 0 bridgehead atoms. The Morgan fingerprint density at radius 1 is 1.14 bits per heavy atom. The van der Waals surface area contributed by atoms with Crippen molar-refractivity contribution in [1.82, 2.24) is 4.90 Å². The van der Waals surface area contributed by atoms with Gasteiger partial charge in [-0.15, -0.1) is 11.8 Å². The van der Waals surface area contributed by atoms with Crippen molar-refractivity contribution < 1.29 is 14.3 Å². The van der Waals surface area contributed by atoms with Crippen LogP contribution in [0.5, 0.6) is 5.75 Å². The molecular formula is C29H36N2O3S. The first kappa shape index (κ1) is 24.1. The normalized spacial score (nSPS) is 21.5. The Bertz CT molecular complexity index is 1150. The lowest BCUT2D eigenvalue weighted by Gasteiger charge is -2.39. The molecule has 5 rings (SSSR count). The number of methoxy groups -OCH3 is 1. The molecule has 0 aromatic heterocycles. The summed E-state index contributed by atoms with van der Waals surface area (Å²) in [5.41, 5.74) is 5.93. The van der Waals surface area contributed by atoms with Crippen molar-refractivity contribution in [2.24, 2.45) is 0 Å². The van der Waals surface area contributed by atoms with Crippen molar-refractivity contribution in [2.75, 3.05) is 37.4 Å². The molecule has 3 heterocycles. The Labute approximate surface area is 213 Å². The fourth-order valence-electron chi connectivity index (χ4n) is 5.57. The minimum atomic E-state index is -0.476. The largest absolute Gasteiger partial charge is 0.497 e. The van der Waals surface area contributed by atoms with Crippen LogP contribution in [0.1, 0.15) is 61.8 Å². The van der Waals surface area contributed by atoms with E-state index in [-0.39, 0.29) is 6.09 Å². The molecule has 0 aliphatic carbocycles. The highest BCUT2D eigenvalue weighted by atomic mass is 32.2. The molecule has 1 fully saturated rings. The Hall–Kier alpha value is -2.60. The van der Waals surface area contributed by atoms with E-state index >= 15 is 0 Å². The smallest absolute Gasteiger partial charge is 0.410 e. The van der Waals surface area contributed by atoms with Gasteiger partial charge in [0.2, 0.25) is 0 Å². The number of fused-ring (bicyclic) bond motifs is 3. The summed E-state index contributed by atoms with van der Waals surface area (Å²) >= 11 is 1.97. The maximum Gasteiger partial charge on any atom is 0.410 e. The monoisotopic (exact) mass is 492 g/mol. The van der Waals surface area contributed by atoms with E-state index in [2.05, 4.69) is 48.2 Å². The van der Waals surface area contributed by atoms with Gasteiger partial charge in [-0.1, -0.05) is 18.2 Å². The minimum Gasteiger partial charge on any atom is -0.497 e. The number of benzene rings is 2. The molecule has 1 saturated heterocycles. The quantitative estimate of drug-likeness (QED) is 0.453. The maximum absolute atomic E-state index is 12.9. The van der Waals surface area contributed by atoms with Gasteiger partial charge in [-0.25, -0.2) is 4.79 Å². The molecule has 5 nitrogen and oxygen atoms in total. The van der Waals surface area contributed by atoms with Gasteiger partial charge >= 0.3 is 6.09 Å². The van der Waals surface area contributed by atoms with Crippen LogP contribution in [0.15, 0.2) is 35.2 Å². The van der Waals surface area contributed by atoms with Crippen molar-refractivity contribution in [3.63, 3.8) is 0 Å². The summed E-state index contributed by atoms with van der Waals surface area (Å²) in [6.45, 7) is 10.5. The Kier molecular flexibility index (Phi) is 6.51. The number of aryl methyl sites for hydroxylation is 1. The van der Waals surface area contributed by atoms with Crippen LogP contribution in [0.2, 0.25) is 0 Å². The van der Waals surface area contributed by atoms with Crippen LogP contribution in [0.4, 0.5) is 10.5 Å². The van der Waals surface area contributed by atoms with E-state index in [0.29, 0.717) is 12.0 Å². The SMILES string of the molecule is COc1ccc(/C=C/c2cc3c4c(c2)[C@@H]2CN(C(=O)OC(C)(C)C)CC[C@@H]2N4CCCS3)c(C)c1. The summed E-state index contributed by atoms with van der Waals surface area (Å²) in [4.78, 5) is 18.8. The standard InChI is InChI=1S/C29H36N2O3S/c1-19-15-22(33-5)10-9-21(19)8-7-20-16-23-24-18-30(28(32)34-29(2,3)4)13-11-25(24)31-12-6-14-35-26(17-20)27(23)31/h7-10,15-17,24-25H,6,11-14,18H2,1-5H3/b8-7+/t24-,25-/m0/s1. The zero-order valence-electron chi connectivity index (χ0n) is 21.5. The lowest BCUT2D eigenvalue weighted by atomic mass is 9.88. The number of thioether (sulfide) groups is 1. The second-order valence-electron chi connectivity index (χ2n) is 10.8. The van der Waals surface area contributed by atoms with Crippen LogP contribution in [-0.2, 0) is 4.74 Å². The molecule has 0 spiro atoms. The number of rotatable bonds is 3. The summed E-state index contributed by atoms with van der Waals surface area (Å²) in [5, 5.41) is 0. The number of nitrogens with zero attached hydrogens (tertiary/aromatic N) is 2. The molecule has 2 aromatic rings. The highest BCUT2D eigenvalue weighted by Gasteiger charge is 2.45. The third-order valence-electron chi connectivity index (χ3n) is 7.18. The van der Waals surface area contributed by atoms with Crippen molar-refractivity contribution in [1.29, 1.82) is 0 Å². The van der Waals surface area contributed by atoms with E-state index < -0.39 is 5.60 Å².